The average molecular weight is 269 g/mol. The van der Waals surface area contributed by atoms with E-state index in [1.165, 1.54) is 12.8 Å². The molecule has 2 saturated heterocycles. The Bertz CT molecular complexity index is 309. The van der Waals surface area contributed by atoms with Crippen molar-refractivity contribution in [3.8, 4) is 0 Å². The molecule has 0 spiro atoms. The molecule has 1 amide bonds. The van der Waals surface area contributed by atoms with Crippen molar-refractivity contribution in [2.75, 3.05) is 32.8 Å². The second-order valence-electron chi connectivity index (χ2n) is 5.91. The van der Waals surface area contributed by atoms with E-state index in [0.29, 0.717) is 19.2 Å². The van der Waals surface area contributed by atoms with Crippen molar-refractivity contribution in [3.63, 3.8) is 0 Å². The number of hydrogen-bond donors (Lipinski definition) is 1. The molecule has 0 aromatic rings. The first-order valence-corrected chi connectivity index (χ1v) is 7.47. The van der Waals surface area contributed by atoms with Crippen LogP contribution < -0.4 is 5.73 Å². The summed E-state index contributed by atoms with van der Waals surface area (Å²) in [7, 11) is 0. The minimum atomic E-state index is 0.136. The molecule has 2 N–H and O–H groups in total. The van der Waals surface area contributed by atoms with Crippen LogP contribution in [-0.2, 0) is 9.53 Å². The predicted octanol–water partition coefficient (Wildman–Crippen LogP) is 0.435. The van der Waals surface area contributed by atoms with Gasteiger partial charge in [0.25, 0.3) is 0 Å². The average Bonchev–Trinajstić information content (AvgIpc) is 2.39. The summed E-state index contributed by atoms with van der Waals surface area (Å²) in [6, 6.07) is 0.493. The summed E-state index contributed by atoms with van der Waals surface area (Å²) in [5.41, 5.74) is 6.05. The van der Waals surface area contributed by atoms with Crippen molar-refractivity contribution in [1.82, 2.24) is 9.80 Å². The fourth-order valence-electron chi connectivity index (χ4n) is 3.13. The molecule has 0 aliphatic carbocycles. The highest BCUT2D eigenvalue weighted by molar-refractivity contribution is 5.78. The van der Waals surface area contributed by atoms with Gasteiger partial charge in [0.15, 0.2) is 0 Å². The molecule has 0 radical (unpaired) electrons. The van der Waals surface area contributed by atoms with Gasteiger partial charge in [0.05, 0.1) is 19.3 Å². The Hall–Kier alpha value is -0.650. The normalized spacial score (nSPS) is 31.2. The fraction of sp³-hybridized carbons (Fsp3) is 0.929. The number of carbonyl (C=O) groups excluding carboxylic acids is 1. The highest BCUT2D eigenvalue weighted by Crippen LogP contribution is 2.19. The summed E-state index contributed by atoms with van der Waals surface area (Å²) in [6.07, 6.45) is 3.68. The maximum Gasteiger partial charge on any atom is 0.236 e. The topological polar surface area (TPSA) is 58.8 Å². The van der Waals surface area contributed by atoms with Gasteiger partial charge in [-0.15, -0.1) is 0 Å². The third kappa shape index (κ3) is 3.91. The van der Waals surface area contributed by atoms with E-state index in [2.05, 4.69) is 4.90 Å². The summed E-state index contributed by atoms with van der Waals surface area (Å²) in [4.78, 5) is 16.6. The Labute approximate surface area is 116 Å². The van der Waals surface area contributed by atoms with E-state index < -0.39 is 0 Å². The van der Waals surface area contributed by atoms with Gasteiger partial charge in [0.2, 0.25) is 5.91 Å². The first kappa shape index (κ1) is 14.8. The van der Waals surface area contributed by atoms with E-state index in [0.717, 1.165) is 26.1 Å². The maximum absolute atomic E-state index is 12.4. The zero-order valence-corrected chi connectivity index (χ0v) is 12.2. The number of amides is 1. The summed E-state index contributed by atoms with van der Waals surface area (Å²) >= 11 is 0. The molecule has 3 atom stereocenters. The van der Waals surface area contributed by atoms with Crippen molar-refractivity contribution in [2.45, 2.75) is 51.3 Å². The molecule has 0 saturated carbocycles. The van der Waals surface area contributed by atoms with E-state index in [4.69, 9.17) is 10.5 Å². The van der Waals surface area contributed by atoms with Crippen molar-refractivity contribution in [3.05, 3.63) is 0 Å². The molecule has 5 nitrogen and oxygen atoms in total. The number of nitrogens with two attached hydrogens (primary N) is 1. The van der Waals surface area contributed by atoms with E-state index in [1.54, 1.807) is 0 Å². The van der Waals surface area contributed by atoms with Gasteiger partial charge in [-0.2, -0.15) is 0 Å². The second-order valence-corrected chi connectivity index (χ2v) is 5.91. The van der Waals surface area contributed by atoms with Gasteiger partial charge in [-0.3, -0.25) is 9.69 Å². The molecule has 0 aromatic heterocycles. The number of piperidine rings is 1. The van der Waals surface area contributed by atoms with Crippen LogP contribution in [0.4, 0.5) is 0 Å². The number of likely N-dealkylation sites (tertiary alicyclic amines) is 1. The standard InChI is InChI=1S/C14H27N3O2/c1-11-9-17(7-8-19-11)14(18)10-16-6-4-3-5-13(16)12(2)15/h11-13H,3-10,15H2,1-2H3. The quantitative estimate of drug-likeness (QED) is 0.807. The molecule has 0 aromatic carbocycles. The monoisotopic (exact) mass is 269 g/mol. The van der Waals surface area contributed by atoms with Gasteiger partial charge < -0.3 is 15.4 Å². The Morgan fingerprint density at radius 1 is 1.42 bits per heavy atom. The van der Waals surface area contributed by atoms with Crippen molar-refractivity contribution in [2.24, 2.45) is 5.73 Å². The Kier molecular flexibility index (Phi) is 5.19. The number of carbonyl (C=O) groups is 1. The van der Waals surface area contributed by atoms with E-state index in [9.17, 15) is 4.79 Å². The number of hydrogen-bond acceptors (Lipinski definition) is 4. The van der Waals surface area contributed by atoms with Gasteiger partial charge in [-0.1, -0.05) is 6.42 Å². The van der Waals surface area contributed by atoms with Crippen LogP contribution in [0.5, 0.6) is 0 Å². The molecule has 110 valence electrons. The first-order valence-electron chi connectivity index (χ1n) is 7.47. The van der Waals surface area contributed by atoms with Crippen LogP contribution in [0.2, 0.25) is 0 Å². The Morgan fingerprint density at radius 3 is 2.89 bits per heavy atom. The number of morpholine rings is 1. The lowest BCUT2D eigenvalue weighted by atomic mass is 9.97. The van der Waals surface area contributed by atoms with E-state index in [1.807, 2.05) is 18.7 Å². The van der Waals surface area contributed by atoms with Crippen molar-refractivity contribution in [1.29, 1.82) is 0 Å². The van der Waals surface area contributed by atoms with Gasteiger partial charge in [0, 0.05) is 25.2 Å². The Morgan fingerprint density at radius 2 is 2.21 bits per heavy atom. The van der Waals surface area contributed by atoms with Crippen LogP contribution in [0.3, 0.4) is 0 Å². The maximum atomic E-state index is 12.4. The smallest absolute Gasteiger partial charge is 0.236 e. The third-order valence-corrected chi connectivity index (χ3v) is 4.20. The molecule has 2 fully saturated rings. The zero-order chi connectivity index (χ0) is 13.8. The lowest BCUT2D eigenvalue weighted by Gasteiger charge is -2.39. The number of ether oxygens (including phenoxy) is 1. The lowest BCUT2D eigenvalue weighted by molar-refractivity contribution is -0.140. The molecular formula is C14H27N3O2. The largest absolute Gasteiger partial charge is 0.375 e. The molecule has 5 heteroatoms. The van der Waals surface area contributed by atoms with Gasteiger partial charge in [-0.05, 0) is 33.2 Å². The molecule has 2 aliphatic heterocycles. The van der Waals surface area contributed by atoms with E-state index >= 15 is 0 Å². The van der Waals surface area contributed by atoms with Gasteiger partial charge in [-0.25, -0.2) is 0 Å². The predicted molar refractivity (Wildman–Crippen MR) is 74.9 cm³/mol. The summed E-state index contributed by atoms with van der Waals surface area (Å²) in [5.74, 6) is 0.225. The summed E-state index contributed by atoms with van der Waals surface area (Å²) in [6.45, 7) is 7.67. The molecule has 19 heavy (non-hydrogen) atoms. The van der Waals surface area contributed by atoms with Crippen LogP contribution in [-0.4, -0.2) is 66.7 Å². The molecule has 2 rings (SSSR count). The number of nitrogens with zero attached hydrogens (tertiary/aromatic N) is 2. The van der Waals surface area contributed by atoms with Crippen LogP contribution in [0.1, 0.15) is 33.1 Å². The summed E-state index contributed by atoms with van der Waals surface area (Å²) < 4.78 is 5.48. The molecule has 2 heterocycles. The molecule has 2 aliphatic rings. The molecular weight excluding hydrogens is 242 g/mol. The highest BCUT2D eigenvalue weighted by Gasteiger charge is 2.29. The molecule has 0 bridgehead atoms. The highest BCUT2D eigenvalue weighted by atomic mass is 16.5. The van der Waals surface area contributed by atoms with Crippen LogP contribution >= 0.6 is 0 Å². The first-order chi connectivity index (χ1) is 9.08. The number of rotatable bonds is 3. The van der Waals surface area contributed by atoms with Gasteiger partial charge in [0.1, 0.15) is 0 Å². The summed E-state index contributed by atoms with van der Waals surface area (Å²) in [5, 5.41) is 0. The van der Waals surface area contributed by atoms with Crippen molar-refractivity contribution < 1.29 is 9.53 Å². The van der Waals surface area contributed by atoms with Crippen molar-refractivity contribution >= 4 is 5.91 Å². The molecule has 3 unspecified atom stereocenters. The minimum Gasteiger partial charge on any atom is -0.375 e. The third-order valence-electron chi connectivity index (χ3n) is 4.20. The minimum absolute atomic E-state index is 0.136. The second kappa shape index (κ2) is 6.68. The van der Waals surface area contributed by atoms with Crippen LogP contribution in [0, 0.1) is 0 Å². The lowest BCUT2D eigenvalue weighted by Crippen LogP contribution is -2.54. The van der Waals surface area contributed by atoms with Crippen LogP contribution in [0.25, 0.3) is 0 Å². The van der Waals surface area contributed by atoms with Gasteiger partial charge >= 0.3 is 0 Å². The fourth-order valence-corrected chi connectivity index (χ4v) is 3.13. The SMILES string of the molecule is CC1CN(C(=O)CN2CCCCC2C(C)N)CCO1. The zero-order valence-electron chi connectivity index (χ0n) is 12.2. The van der Waals surface area contributed by atoms with E-state index in [-0.39, 0.29) is 18.1 Å². The Balaban J connectivity index is 1.89. The van der Waals surface area contributed by atoms with Crippen LogP contribution in [0.15, 0.2) is 0 Å².